The third-order valence-corrected chi connectivity index (χ3v) is 5.45. The van der Waals surface area contributed by atoms with Gasteiger partial charge in [-0.2, -0.15) is 5.26 Å². The summed E-state index contributed by atoms with van der Waals surface area (Å²) in [5, 5.41) is 10.1. The lowest BCUT2D eigenvalue weighted by Gasteiger charge is -2.11. The van der Waals surface area contributed by atoms with Crippen molar-refractivity contribution in [2.24, 2.45) is 0 Å². The smallest absolute Gasteiger partial charge is 0.131 e. The Balaban J connectivity index is 2.12. The van der Waals surface area contributed by atoms with Gasteiger partial charge < -0.3 is 4.57 Å². The fourth-order valence-electron chi connectivity index (χ4n) is 2.96. The number of allylic oxidation sites excluding steroid dienone is 1. The highest BCUT2D eigenvalue weighted by molar-refractivity contribution is 9.10. The van der Waals surface area contributed by atoms with Gasteiger partial charge in [-0.15, -0.1) is 0 Å². The zero-order chi connectivity index (χ0) is 18.8. The minimum atomic E-state index is -0.409. The number of hydrogen-bond donors (Lipinski definition) is 0. The van der Waals surface area contributed by atoms with Gasteiger partial charge >= 0.3 is 0 Å². The monoisotopic (exact) mass is 428 g/mol. The van der Waals surface area contributed by atoms with E-state index in [1.54, 1.807) is 24.3 Å². The van der Waals surface area contributed by atoms with Crippen molar-refractivity contribution >= 4 is 39.2 Å². The summed E-state index contributed by atoms with van der Waals surface area (Å²) in [4.78, 5) is 0. The van der Waals surface area contributed by atoms with E-state index in [-0.39, 0.29) is 5.57 Å². The molecule has 2 aromatic carbocycles. The van der Waals surface area contributed by atoms with Crippen LogP contribution < -0.4 is 0 Å². The number of aromatic nitrogens is 1. The molecule has 3 rings (SSSR count). The number of nitrogens with zero attached hydrogens (tertiary/aromatic N) is 2. The van der Waals surface area contributed by atoms with Crippen molar-refractivity contribution in [1.29, 1.82) is 5.26 Å². The normalized spacial score (nSPS) is 11.5. The Morgan fingerprint density at radius 3 is 2.58 bits per heavy atom. The van der Waals surface area contributed by atoms with Crippen molar-refractivity contribution in [3.63, 3.8) is 0 Å². The molecule has 0 atom stereocenters. The van der Waals surface area contributed by atoms with E-state index in [9.17, 15) is 9.65 Å². The number of benzene rings is 2. The van der Waals surface area contributed by atoms with E-state index in [2.05, 4.69) is 26.6 Å². The molecule has 0 fully saturated rings. The summed E-state index contributed by atoms with van der Waals surface area (Å²) in [5.41, 5.74) is 4.32. The molecule has 3 aromatic rings. The lowest BCUT2D eigenvalue weighted by Crippen LogP contribution is -1.99. The molecule has 26 heavy (non-hydrogen) atoms. The van der Waals surface area contributed by atoms with Crippen LogP contribution in [0.1, 0.15) is 22.5 Å². The van der Waals surface area contributed by atoms with Crippen molar-refractivity contribution in [2.45, 2.75) is 13.8 Å². The van der Waals surface area contributed by atoms with Gasteiger partial charge in [0.05, 0.1) is 16.7 Å². The van der Waals surface area contributed by atoms with Crippen molar-refractivity contribution in [3.8, 4) is 11.8 Å². The number of halogens is 3. The Morgan fingerprint density at radius 1 is 1.19 bits per heavy atom. The van der Waals surface area contributed by atoms with Gasteiger partial charge in [-0.1, -0.05) is 29.8 Å². The largest absolute Gasteiger partial charge is 0.318 e. The fourth-order valence-corrected chi connectivity index (χ4v) is 3.38. The summed E-state index contributed by atoms with van der Waals surface area (Å²) in [5.74, 6) is -0.409. The van der Waals surface area contributed by atoms with Gasteiger partial charge in [0.15, 0.2) is 0 Å². The molecule has 0 amide bonds. The van der Waals surface area contributed by atoms with E-state index >= 15 is 0 Å². The van der Waals surface area contributed by atoms with Crippen LogP contribution in [0.25, 0.3) is 17.3 Å². The minimum Gasteiger partial charge on any atom is -0.318 e. The quantitative estimate of drug-likeness (QED) is 0.425. The van der Waals surface area contributed by atoms with Crippen molar-refractivity contribution in [1.82, 2.24) is 4.57 Å². The van der Waals surface area contributed by atoms with Gasteiger partial charge in [-0.05, 0) is 71.7 Å². The highest BCUT2D eigenvalue weighted by Crippen LogP contribution is 2.29. The molecule has 1 aromatic heterocycles. The molecule has 0 aliphatic heterocycles. The van der Waals surface area contributed by atoms with Crippen molar-refractivity contribution in [2.75, 3.05) is 0 Å². The Morgan fingerprint density at radius 2 is 1.92 bits per heavy atom. The Kier molecular flexibility index (Phi) is 5.31. The highest BCUT2D eigenvalue weighted by atomic mass is 79.9. The standard InChI is InChI=1S/C21H15BrClFN2/c1-13-9-15(10-16(12-25)18-5-3-4-6-21(18)24)14(2)26(13)17-7-8-19(22)20(23)11-17/h3-11H,1-2H3. The maximum absolute atomic E-state index is 14.0. The molecule has 0 saturated carbocycles. The van der Waals surface area contributed by atoms with E-state index in [1.807, 2.05) is 38.1 Å². The minimum absolute atomic E-state index is 0.289. The Labute approximate surface area is 165 Å². The second-order valence-corrected chi connectivity index (χ2v) is 7.17. The maximum Gasteiger partial charge on any atom is 0.131 e. The van der Waals surface area contributed by atoms with Crippen molar-refractivity contribution in [3.05, 3.63) is 86.4 Å². The summed E-state index contributed by atoms with van der Waals surface area (Å²) in [6.45, 7) is 3.95. The Hall–Kier alpha value is -2.35. The van der Waals surface area contributed by atoms with Crippen LogP contribution in [-0.4, -0.2) is 4.57 Å². The van der Waals surface area contributed by atoms with Crippen LogP contribution in [-0.2, 0) is 0 Å². The molecule has 2 nitrogen and oxygen atoms in total. The molecule has 1 heterocycles. The molecule has 0 spiro atoms. The van der Waals surface area contributed by atoms with Crippen LogP contribution in [0.4, 0.5) is 4.39 Å². The molecule has 0 aliphatic carbocycles. The highest BCUT2D eigenvalue weighted by Gasteiger charge is 2.13. The summed E-state index contributed by atoms with van der Waals surface area (Å²) in [7, 11) is 0. The molecule has 0 radical (unpaired) electrons. The first-order valence-electron chi connectivity index (χ1n) is 7.93. The van der Waals surface area contributed by atoms with E-state index in [0.29, 0.717) is 10.6 Å². The third-order valence-electron chi connectivity index (χ3n) is 4.22. The van der Waals surface area contributed by atoms with Crippen LogP contribution in [0.3, 0.4) is 0 Å². The third kappa shape index (κ3) is 3.46. The second kappa shape index (κ2) is 7.49. The maximum atomic E-state index is 14.0. The van der Waals surface area contributed by atoms with Gasteiger partial charge in [0.25, 0.3) is 0 Å². The molecule has 0 saturated heterocycles. The van der Waals surface area contributed by atoms with Gasteiger partial charge in [0.1, 0.15) is 5.82 Å². The van der Waals surface area contributed by atoms with Crippen LogP contribution in [0.2, 0.25) is 5.02 Å². The molecular formula is C21H15BrClFN2. The molecule has 0 bridgehead atoms. The predicted molar refractivity (Wildman–Crippen MR) is 108 cm³/mol. The summed E-state index contributed by atoms with van der Waals surface area (Å²) < 4.78 is 16.9. The first kappa shape index (κ1) is 18.4. The van der Waals surface area contributed by atoms with Crippen LogP contribution in [0, 0.1) is 31.0 Å². The summed E-state index contributed by atoms with van der Waals surface area (Å²) in [6, 6.07) is 16.1. The molecule has 130 valence electrons. The fraction of sp³-hybridized carbons (Fsp3) is 0.0952. The SMILES string of the molecule is Cc1cc(C=C(C#N)c2ccccc2F)c(C)n1-c1ccc(Br)c(Cl)c1. The van der Waals surface area contributed by atoms with E-state index < -0.39 is 5.82 Å². The summed E-state index contributed by atoms with van der Waals surface area (Å²) in [6.07, 6.45) is 1.72. The first-order chi connectivity index (χ1) is 12.4. The zero-order valence-corrected chi connectivity index (χ0v) is 16.6. The average Bonchev–Trinajstić information content (AvgIpc) is 2.89. The lowest BCUT2D eigenvalue weighted by molar-refractivity contribution is 0.624. The molecule has 0 aliphatic rings. The van der Waals surface area contributed by atoms with Gasteiger partial charge in [0.2, 0.25) is 0 Å². The zero-order valence-electron chi connectivity index (χ0n) is 14.2. The van der Waals surface area contributed by atoms with E-state index in [4.69, 9.17) is 11.6 Å². The van der Waals surface area contributed by atoms with Crippen LogP contribution in [0.5, 0.6) is 0 Å². The van der Waals surface area contributed by atoms with Gasteiger partial charge in [-0.25, -0.2) is 4.39 Å². The van der Waals surface area contributed by atoms with E-state index in [1.165, 1.54) is 6.07 Å². The molecule has 0 unspecified atom stereocenters. The number of nitriles is 1. The Bertz CT molecular complexity index is 1060. The van der Waals surface area contributed by atoms with Crippen molar-refractivity contribution < 1.29 is 4.39 Å². The molecule has 0 N–H and O–H groups in total. The second-order valence-electron chi connectivity index (χ2n) is 5.91. The van der Waals surface area contributed by atoms with E-state index in [0.717, 1.165) is 27.1 Å². The number of hydrogen-bond acceptors (Lipinski definition) is 1. The first-order valence-corrected chi connectivity index (χ1v) is 9.10. The topological polar surface area (TPSA) is 28.7 Å². The van der Waals surface area contributed by atoms with Gasteiger partial charge in [-0.3, -0.25) is 0 Å². The number of aryl methyl sites for hydroxylation is 1. The van der Waals surface area contributed by atoms with Crippen LogP contribution in [0.15, 0.2) is 53.0 Å². The van der Waals surface area contributed by atoms with Crippen LogP contribution >= 0.6 is 27.5 Å². The number of rotatable bonds is 3. The lowest BCUT2D eigenvalue weighted by atomic mass is 10.0. The predicted octanol–water partition coefficient (Wildman–Crippen LogP) is 6.71. The molecular weight excluding hydrogens is 415 g/mol. The van der Waals surface area contributed by atoms with Gasteiger partial charge in [0, 0.05) is 27.1 Å². The summed E-state index contributed by atoms with van der Waals surface area (Å²) >= 11 is 9.62. The average molecular weight is 430 g/mol. The molecule has 5 heteroatoms.